The van der Waals surface area contributed by atoms with Crippen LogP contribution in [0.1, 0.15) is 61.4 Å². The molecule has 21 heavy (non-hydrogen) atoms. The first-order chi connectivity index (χ1) is 9.95. The highest BCUT2D eigenvalue weighted by Crippen LogP contribution is 2.45. The van der Waals surface area contributed by atoms with E-state index in [1.165, 1.54) is 39.9 Å². The normalized spacial score (nSPS) is 27.0. The highest BCUT2D eigenvalue weighted by molar-refractivity contribution is 8.06. The molecule has 118 valence electrons. The average Bonchev–Trinajstić information content (AvgIpc) is 3.14. The molecule has 3 rings (SSSR count). The Morgan fingerprint density at radius 1 is 1.19 bits per heavy atom. The van der Waals surface area contributed by atoms with Gasteiger partial charge in [-0.3, -0.25) is 0 Å². The van der Waals surface area contributed by atoms with Crippen LogP contribution in [0.3, 0.4) is 0 Å². The van der Waals surface area contributed by atoms with Crippen molar-refractivity contribution in [1.29, 1.82) is 0 Å². The summed E-state index contributed by atoms with van der Waals surface area (Å²) in [6.07, 6.45) is 2.70. The van der Waals surface area contributed by atoms with Gasteiger partial charge in [0.25, 0.3) is 0 Å². The maximum absolute atomic E-state index is 5.10. The smallest absolute Gasteiger partial charge is 0.107 e. The van der Waals surface area contributed by atoms with E-state index in [-0.39, 0.29) is 5.41 Å². The lowest BCUT2D eigenvalue weighted by molar-refractivity contribution is 0.557. The molecule has 2 atom stereocenters. The van der Waals surface area contributed by atoms with E-state index in [1.54, 1.807) is 0 Å². The maximum atomic E-state index is 5.10. The molecule has 1 saturated heterocycles. The highest BCUT2D eigenvalue weighted by Gasteiger charge is 2.31. The van der Waals surface area contributed by atoms with E-state index in [0.717, 1.165) is 12.6 Å². The third-order valence-electron chi connectivity index (χ3n) is 3.98. The van der Waals surface area contributed by atoms with Crippen molar-refractivity contribution in [3.8, 4) is 0 Å². The van der Waals surface area contributed by atoms with Crippen LogP contribution in [-0.2, 0) is 12.0 Å². The number of rotatable bonds is 4. The van der Waals surface area contributed by atoms with E-state index in [9.17, 15) is 0 Å². The number of hydrogen-bond acceptors (Lipinski definition) is 5. The van der Waals surface area contributed by atoms with Gasteiger partial charge in [0, 0.05) is 39.6 Å². The van der Waals surface area contributed by atoms with Gasteiger partial charge in [0.2, 0.25) is 0 Å². The molecule has 0 radical (unpaired) electrons. The molecule has 1 aromatic rings. The Kier molecular flexibility index (Phi) is 4.94. The van der Waals surface area contributed by atoms with Crippen LogP contribution in [0.15, 0.2) is 0 Å². The van der Waals surface area contributed by atoms with Crippen LogP contribution >= 0.6 is 34.9 Å². The van der Waals surface area contributed by atoms with Gasteiger partial charge in [0.15, 0.2) is 0 Å². The van der Waals surface area contributed by atoms with Crippen LogP contribution in [0, 0.1) is 0 Å². The minimum absolute atomic E-state index is 0.144. The molecular formula is C16H26N2S3. The van der Waals surface area contributed by atoms with Crippen LogP contribution < -0.4 is 5.32 Å². The standard InChI is InChI=1S/C16H26N2S3/c1-10-13(20-8-7-19-10)15-18-14(16(2,3)4)12(21-15)9-17-11-5-6-11/h10-11,13,17H,5-9H2,1-4H3. The van der Waals surface area contributed by atoms with Gasteiger partial charge in [0.05, 0.1) is 10.9 Å². The Morgan fingerprint density at radius 2 is 1.90 bits per heavy atom. The number of thiazole rings is 1. The van der Waals surface area contributed by atoms with Gasteiger partial charge < -0.3 is 5.32 Å². The van der Waals surface area contributed by atoms with Gasteiger partial charge in [-0.1, -0.05) is 27.7 Å². The lowest BCUT2D eigenvalue weighted by atomic mass is 9.91. The summed E-state index contributed by atoms with van der Waals surface area (Å²) in [5.41, 5.74) is 1.46. The van der Waals surface area contributed by atoms with E-state index in [1.807, 2.05) is 11.3 Å². The second kappa shape index (κ2) is 6.42. The van der Waals surface area contributed by atoms with Crippen LogP contribution in [0.4, 0.5) is 0 Å². The van der Waals surface area contributed by atoms with Gasteiger partial charge >= 0.3 is 0 Å². The molecule has 5 heteroatoms. The van der Waals surface area contributed by atoms with Crippen LogP contribution in [0.25, 0.3) is 0 Å². The first kappa shape index (κ1) is 16.2. The summed E-state index contributed by atoms with van der Waals surface area (Å²) < 4.78 is 0. The third kappa shape index (κ3) is 3.98. The van der Waals surface area contributed by atoms with Crippen molar-refractivity contribution in [1.82, 2.24) is 10.3 Å². The molecule has 0 spiro atoms. The van der Waals surface area contributed by atoms with Crippen molar-refractivity contribution >= 4 is 34.9 Å². The zero-order valence-corrected chi connectivity index (χ0v) is 15.9. The molecule has 2 nitrogen and oxygen atoms in total. The quantitative estimate of drug-likeness (QED) is 0.864. The lowest BCUT2D eigenvalue weighted by Gasteiger charge is -2.26. The SMILES string of the molecule is CC1SCCSC1c1nc(C(C)(C)C)c(CNC2CC2)s1. The summed E-state index contributed by atoms with van der Waals surface area (Å²) in [7, 11) is 0. The molecule has 2 fully saturated rings. The summed E-state index contributed by atoms with van der Waals surface area (Å²) in [6.45, 7) is 10.2. The summed E-state index contributed by atoms with van der Waals surface area (Å²) in [4.78, 5) is 6.56. The van der Waals surface area contributed by atoms with Crippen LogP contribution in [0.5, 0.6) is 0 Å². The van der Waals surface area contributed by atoms with E-state index >= 15 is 0 Å². The number of hydrogen-bond donors (Lipinski definition) is 1. The van der Waals surface area contributed by atoms with Crippen molar-refractivity contribution in [2.75, 3.05) is 11.5 Å². The number of aromatic nitrogens is 1. The van der Waals surface area contributed by atoms with Crippen molar-refractivity contribution in [3.05, 3.63) is 15.6 Å². The lowest BCUT2D eigenvalue weighted by Crippen LogP contribution is -2.20. The van der Waals surface area contributed by atoms with E-state index in [2.05, 4.69) is 56.5 Å². The Morgan fingerprint density at radius 3 is 2.52 bits per heavy atom. The van der Waals surface area contributed by atoms with Crippen molar-refractivity contribution in [3.63, 3.8) is 0 Å². The van der Waals surface area contributed by atoms with Gasteiger partial charge in [-0.2, -0.15) is 11.8 Å². The topological polar surface area (TPSA) is 24.9 Å². The first-order valence-electron chi connectivity index (χ1n) is 7.92. The van der Waals surface area contributed by atoms with Gasteiger partial charge in [-0.15, -0.1) is 23.1 Å². The molecular weight excluding hydrogens is 316 g/mol. The summed E-state index contributed by atoms with van der Waals surface area (Å²) >= 11 is 6.16. The predicted octanol–water partition coefficient (Wildman–Crippen LogP) is 4.60. The molecule has 2 aliphatic rings. The Balaban J connectivity index is 1.83. The fourth-order valence-corrected chi connectivity index (χ4v) is 7.01. The molecule has 1 N–H and O–H groups in total. The minimum Gasteiger partial charge on any atom is -0.309 e. The third-order valence-corrected chi connectivity index (χ3v) is 8.37. The largest absolute Gasteiger partial charge is 0.309 e. The van der Waals surface area contributed by atoms with Crippen molar-refractivity contribution in [2.24, 2.45) is 0 Å². The predicted molar refractivity (Wildman–Crippen MR) is 97.8 cm³/mol. The van der Waals surface area contributed by atoms with Gasteiger partial charge in [0.1, 0.15) is 5.01 Å². The Labute approximate surface area is 141 Å². The molecule has 0 bridgehead atoms. The van der Waals surface area contributed by atoms with E-state index in [4.69, 9.17) is 4.98 Å². The second-order valence-electron chi connectivity index (χ2n) is 7.10. The fraction of sp³-hybridized carbons (Fsp3) is 0.812. The summed E-state index contributed by atoms with van der Waals surface area (Å²) in [6, 6.07) is 0.766. The molecule has 1 aliphatic heterocycles. The molecule has 0 aromatic carbocycles. The Hall–Kier alpha value is 0.290. The van der Waals surface area contributed by atoms with Gasteiger partial charge in [-0.05, 0) is 12.8 Å². The number of nitrogens with zero attached hydrogens (tertiary/aromatic N) is 1. The molecule has 0 amide bonds. The number of thioether (sulfide) groups is 2. The first-order valence-corrected chi connectivity index (χ1v) is 10.8. The minimum atomic E-state index is 0.144. The zero-order valence-electron chi connectivity index (χ0n) is 13.4. The number of nitrogens with one attached hydrogen (secondary N) is 1. The van der Waals surface area contributed by atoms with Crippen molar-refractivity contribution < 1.29 is 0 Å². The van der Waals surface area contributed by atoms with Crippen LogP contribution in [0.2, 0.25) is 0 Å². The maximum Gasteiger partial charge on any atom is 0.107 e. The van der Waals surface area contributed by atoms with E-state index in [0.29, 0.717) is 10.5 Å². The summed E-state index contributed by atoms with van der Waals surface area (Å²) in [5.74, 6) is 2.55. The van der Waals surface area contributed by atoms with E-state index < -0.39 is 0 Å². The summed E-state index contributed by atoms with van der Waals surface area (Å²) in [5, 5.41) is 6.30. The second-order valence-corrected chi connectivity index (χ2v) is 10.9. The van der Waals surface area contributed by atoms with Crippen LogP contribution in [-0.4, -0.2) is 27.8 Å². The van der Waals surface area contributed by atoms with Crippen molar-refractivity contribution in [2.45, 2.75) is 69.0 Å². The Bertz CT molecular complexity index is 488. The monoisotopic (exact) mass is 342 g/mol. The molecule has 1 aromatic heterocycles. The molecule has 2 unspecified atom stereocenters. The van der Waals surface area contributed by atoms with Gasteiger partial charge in [-0.25, -0.2) is 4.98 Å². The fourth-order valence-electron chi connectivity index (χ4n) is 2.63. The molecule has 1 saturated carbocycles. The molecule has 2 heterocycles. The average molecular weight is 343 g/mol. The zero-order chi connectivity index (χ0) is 15.0. The molecule has 1 aliphatic carbocycles. The highest BCUT2D eigenvalue weighted by atomic mass is 32.2.